The van der Waals surface area contributed by atoms with Crippen LogP contribution in [0.15, 0.2) is 36.4 Å². The zero-order valence-electron chi connectivity index (χ0n) is 12.0. The fraction of sp³-hybridized carbons (Fsp3) is 0.294. The second kappa shape index (κ2) is 6.62. The van der Waals surface area contributed by atoms with E-state index in [4.69, 9.17) is 23.2 Å². The summed E-state index contributed by atoms with van der Waals surface area (Å²) in [6.45, 7) is 7.02. The fourth-order valence-electron chi connectivity index (χ4n) is 1.98. The Hall–Kier alpha value is -1.02. The Bertz CT molecular complexity index is 606. The maximum absolute atomic E-state index is 6.26. The lowest BCUT2D eigenvalue weighted by atomic mass is 10.0. The molecule has 0 unspecified atom stereocenters. The summed E-state index contributed by atoms with van der Waals surface area (Å²) < 4.78 is 0. The SMILES string of the molecule is Cc1ccc(-c2ccc(Cl)c(CNC(C)C)c2)cc1Cl. The van der Waals surface area contributed by atoms with Crippen LogP contribution in [-0.2, 0) is 6.54 Å². The van der Waals surface area contributed by atoms with Gasteiger partial charge in [-0.3, -0.25) is 0 Å². The lowest BCUT2D eigenvalue weighted by Crippen LogP contribution is -2.21. The highest BCUT2D eigenvalue weighted by Gasteiger charge is 2.06. The standard InChI is InChI=1S/C17H19Cl2N/c1-11(2)20-10-15-8-13(6-7-16(15)18)14-5-4-12(3)17(19)9-14/h4-9,11,20H,10H2,1-3H3. The van der Waals surface area contributed by atoms with E-state index in [1.165, 1.54) is 0 Å². The molecule has 2 rings (SSSR count). The minimum Gasteiger partial charge on any atom is -0.310 e. The molecule has 3 heteroatoms. The minimum absolute atomic E-state index is 0.434. The topological polar surface area (TPSA) is 12.0 Å². The smallest absolute Gasteiger partial charge is 0.0451 e. The summed E-state index contributed by atoms with van der Waals surface area (Å²) in [7, 11) is 0. The van der Waals surface area contributed by atoms with Crippen molar-refractivity contribution in [2.24, 2.45) is 0 Å². The van der Waals surface area contributed by atoms with Crippen molar-refractivity contribution in [2.75, 3.05) is 0 Å². The molecule has 0 aliphatic rings. The van der Waals surface area contributed by atoms with Crippen LogP contribution < -0.4 is 5.32 Å². The van der Waals surface area contributed by atoms with Gasteiger partial charge in [-0.05, 0) is 47.4 Å². The Morgan fingerprint density at radius 1 is 0.950 bits per heavy atom. The molecule has 0 atom stereocenters. The van der Waals surface area contributed by atoms with Crippen molar-refractivity contribution in [3.63, 3.8) is 0 Å². The molecular formula is C17H19Cl2N. The third-order valence-electron chi connectivity index (χ3n) is 3.25. The Morgan fingerprint density at radius 3 is 2.25 bits per heavy atom. The third-order valence-corrected chi connectivity index (χ3v) is 4.03. The lowest BCUT2D eigenvalue weighted by molar-refractivity contribution is 0.589. The summed E-state index contributed by atoms with van der Waals surface area (Å²) in [6, 6.07) is 12.7. The van der Waals surface area contributed by atoms with E-state index < -0.39 is 0 Å². The van der Waals surface area contributed by atoms with Crippen LogP contribution in [-0.4, -0.2) is 6.04 Å². The normalized spacial score (nSPS) is 11.1. The van der Waals surface area contributed by atoms with Crippen molar-refractivity contribution in [3.05, 3.63) is 57.6 Å². The first-order chi connectivity index (χ1) is 9.47. The molecule has 0 radical (unpaired) electrons. The van der Waals surface area contributed by atoms with Crippen LogP contribution in [0.2, 0.25) is 10.0 Å². The number of hydrogen-bond acceptors (Lipinski definition) is 1. The fourth-order valence-corrected chi connectivity index (χ4v) is 2.34. The zero-order chi connectivity index (χ0) is 14.7. The van der Waals surface area contributed by atoms with Gasteiger partial charge in [0.1, 0.15) is 0 Å². The molecule has 0 aromatic heterocycles. The predicted octanol–water partition coefficient (Wildman–Crippen LogP) is 5.47. The van der Waals surface area contributed by atoms with Gasteiger partial charge in [-0.2, -0.15) is 0 Å². The molecule has 106 valence electrons. The maximum Gasteiger partial charge on any atom is 0.0451 e. The first-order valence-electron chi connectivity index (χ1n) is 6.75. The van der Waals surface area contributed by atoms with Gasteiger partial charge in [0.05, 0.1) is 0 Å². The van der Waals surface area contributed by atoms with E-state index in [0.717, 1.165) is 38.8 Å². The molecule has 2 aromatic rings. The van der Waals surface area contributed by atoms with E-state index in [2.05, 4.69) is 31.3 Å². The van der Waals surface area contributed by atoms with Gasteiger partial charge in [-0.15, -0.1) is 0 Å². The Kier molecular flexibility index (Phi) is 5.09. The number of benzene rings is 2. The molecule has 0 saturated heterocycles. The van der Waals surface area contributed by atoms with Crippen molar-refractivity contribution in [3.8, 4) is 11.1 Å². The van der Waals surface area contributed by atoms with E-state index in [1.54, 1.807) is 0 Å². The maximum atomic E-state index is 6.26. The van der Waals surface area contributed by atoms with Gasteiger partial charge >= 0.3 is 0 Å². The van der Waals surface area contributed by atoms with E-state index in [-0.39, 0.29) is 0 Å². The van der Waals surface area contributed by atoms with E-state index >= 15 is 0 Å². The highest BCUT2D eigenvalue weighted by atomic mass is 35.5. The van der Waals surface area contributed by atoms with Crippen molar-refractivity contribution < 1.29 is 0 Å². The van der Waals surface area contributed by atoms with Crippen molar-refractivity contribution in [1.29, 1.82) is 0 Å². The molecule has 1 N–H and O–H groups in total. The summed E-state index contributed by atoms with van der Waals surface area (Å²) in [5.41, 5.74) is 4.44. The highest BCUT2D eigenvalue weighted by molar-refractivity contribution is 6.32. The number of aryl methyl sites for hydroxylation is 1. The van der Waals surface area contributed by atoms with Gasteiger partial charge in [0.25, 0.3) is 0 Å². The van der Waals surface area contributed by atoms with Crippen LogP contribution >= 0.6 is 23.2 Å². The van der Waals surface area contributed by atoms with Crippen molar-refractivity contribution >= 4 is 23.2 Å². The summed E-state index contributed by atoms with van der Waals surface area (Å²) in [4.78, 5) is 0. The molecule has 2 aromatic carbocycles. The molecule has 0 aliphatic carbocycles. The average Bonchev–Trinajstić information content (AvgIpc) is 2.41. The first kappa shape index (κ1) is 15.4. The molecule has 1 nitrogen and oxygen atoms in total. The van der Waals surface area contributed by atoms with Gasteiger partial charge in [-0.1, -0.05) is 55.2 Å². The van der Waals surface area contributed by atoms with Gasteiger partial charge in [0.15, 0.2) is 0 Å². The second-order valence-corrected chi connectivity index (χ2v) is 6.12. The second-order valence-electron chi connectivity index (χ2n) is 5.31. The summed E-state index contributed by atoms with van der Waals surface area (Å²) >= 11 is 12.5. The molecule has 0 fully saturated rings. The number of nitrogens with one attached hydrogen (secondary N) is 1. The monoisotopic (exact) mass is 307 g/mol. The van der Waals surface area contributed by atoms with E-state index in [0.29, 0.717) is 6.04 Å². The molecule has 0 spiro atoms. The van der Waals surface area contributed by atoms with E-state index in [9.17, 15) is 0 Å². The van der Waals surface area contributed by atoms with Gasteiger partial charge in [-0.25, -0.2) is 0 Å². The number of halogens is 2. The Labute approximate surface area is 130 Å². The molecule has 20 heavy (non-hydrogen) atoms. The number of rotatable bonds is 4. The molecule has 0 amide bonds. The summed E-state index contributed by atoms with van der Waals surface area (Å²) in [5.74, 6) is 0. The third kappa shape index (κ3) is 3.76. The Balaban J connectivity index is 2.32. The first-order valence-corrected chi connectivity index (χ1v) is 7.51. The Morgan fingerprint density at radius 2 is 1.60 bits per heavy atom. The van der Waals surface area contributed by atoms with Crippen LogP contribution in [0.1, 0.15) is 25.0 Å². The van der Waals surface area contributed by atoms with Gasteiger partial charge in [0.2, 0.25) is 0 Å². The molecule has 0 saturated carbocycles. The molecule has 0 bridgehead atoms. The van der Waals surface area contributed by atoms with Gasteiger partial charge in [0, 0.05) is 22.6 Å². The lowest BCUT2D eigenvalue weighted by Gasteiger charge is -2.12. The average molecular weight is 308 g/mol. The predicted molar refractivity (Wildman–Crippen MR) is 88.6 cm³/mol. The molecular weight excluding hydrogens is 289 g/mol. The summed E-state index contributed by atoms with van der Waals surface area (Å²) in [5, 5.41) is 4.97. The van der Waals surface area contributed by atoms with Crippen LogP contribution in [0.25, 0.3) is 11.1 Å². The quantitative estimate of drug-likeness (QED) is 0.790. The van der Waals surface area contributed by atoms with Crippen LogP contribution in [0.4, 0.5) is 0 Å². The highest BCUT2D eigenvalue weighted by Crippen LogP contribution is 2.28. The number of hydrogen-bond donors (Lipinski definition) is 1. The molecule has 0 aliphatic heterocycles. The van der Waals surface area contributed by atoms with Crippen LogP contribution in [0.5, 0.6) is 0 Å². The largest absolute Gasteiger partial charge is 0.310 e. The minimum atomic E-state index is 0.434. The van der Waals surface area contributed by atoms with E-state index in [1.807, 2.05) is 31.2 Å². The summed E-state index contributed by atoms with van der Waals surface area (Å²) in [6.07, 6.45) is 0. The van der Waals surface area contributed by atoms with Crippen molar-refractivity contribution in [1.82, 2.24) is 5.32 Å². The molecule has 0 heterocycles. The zero-order valence-corrected chi connectivity index (χ0v) is 13.5. The van der Waals surface area contributed by atoms with Crippen molar-refractivity contribution in [2.45, 2.75) is 33.4 Å². The van der Waals surface area contributed by atoms with Crippen LogP contribution in [0, 0.1) is 6.92 Å². The van der Waals surface area contributed by atoms with Crippen LogP contribution in [0.3, 0.4) is 0 Å². The van der Waals surface area contributed by atoms with Gasteiger partial charge < -0.3 is 5.32 Å².